The fourth-order valence-corrected chi connectivity index (χ4v) is 3.15. The van der Waals surface area contributed by atoms with Crippen LogP contribution in [0.4, 0.5) is 5.69 Å². The van der Waals surface area contributed by atoms with Crippen molar-refractivity contribution in [3.05, 3.63) is 24.3 Å². The van der Waals surface area contributed by atoms with Gasteiger partial charge in [0.2, 0.25) is 15.9 Å². The van der Waals surface area contributed by atoms with Gasteiger partial charge in [-0.1, -0.05) is 19.8 Å². The van der Waals surface area contributed by atoms with E-state index in [9.17, 15) is 18.0 Å². The van der Waals surface area contributed by atoms with Crippen molar-refractivity contribution >= 4 is 27.6 Å². The summed E-state index contributed by atoms with van der Waals surface area (Å²) in [7, 11) is -2.35. The van der Waals surface area contributed by atoms with E-state index in [2.05, 4.69) is 4.72 Å². The minimum atomic E-state index is -3.93. The highest BCUT2D eigenvalue weighted by molar-refractivity contribution is 7.89. The Morgan fingerprint density at radius 1 is 1.26 bits per heavy atom. The number of amides is 1. The average molecular weight is 342 g/mol. The van der Waals surface area contributed by atoms with Gasteiger partial charge in [-0.2, -0.15) is 4.72 Å². The zero-order valence-corrected chi connectivity index (χ0v) is 14.3. The topological polar surface area (TPSA) is 104 Å². The van der Waals surface area contributed by atoms with Gasteiger partial charge in [-0.05, 0) is 30.7 Å². The van der Waals surface area contributed by atoms with E-state index in [1.807, 2.05) is 6.92 Å². The molecule has 0 fully saturated rings. The van der Waals surface area contributed by atoms with Crippen molar-refractivity contribution in [3.8, 4) is 0 Å². The van der Waals surface area contributed by atoms with Gasteiger partial charge in [0, 0.05) is 19.7 Å². The number of rotatable bonds is 8. The van der Waals surface area contributed by atoms with Gasteiger partial charge >= 0.3 is 5.97 Å². The SMILES string of the molecule is CCCC[C@H](NS(=O)(=O)c1ccc(N(C)C(C)=O)cc1)C(=O)O. The maximum atomic E-state index is 12.3. The Morgan fingerprint density at radius 3 is 2.26 bits per heavy atom. The van der Waals surface area contributed by atoms with Crippen molar-refractivity contribution in [2.45, 2.75) is 44.0 Å². The minimum absolute atomic E-state index is 0.0408. The van der Waals surface area contributed by atoms with Crippen molar-refractivity contribution in [1.29, 1.82) is 0 Å². The van der Waals surface area contributed by atoms with Gasteiger partial charge in [-0.15, -0.1) is 0 Å². The highest BCUT2D eigenvalue weighted by Crippen LogP contribution is 2.18. The second-order valence-corrected chi connectivity index (χ2v) is 6.94. The van der Waals surface area contributed by atoms with E-state index in [0.29, 0.717) is 12.1 Å². The summed E-state index contributed by atoms with van der Waals surface area (Å²) in [6, 6.07) is 4.53. The van der Waals surface area contributed by atoms with Crippen LogP contribution in [0.25, 0.3) is 0 Å². The molecule has 1 amide bonds. The molecule has 1 atom stereocenters. The van der Waals surface area contributed by atoms with Gasteiger partial charge in [-0.3, -0.25) is 9.59 Å². The van der Waals surface area contributed by atoms with E-state index in [1.54, 1.807) is 7.05 Å². The summed E-state index contributed by atoms with van der Waals surface area (Å²) in [5, 5.41) is 9.12. The van der Waals surface area contributed by atoms with Crippen LogP contribution in [0, 0.1) is 0 Å². The second kappa shape index (κ2) is 8.07. The zero-order chi connectivity index (χ0) is 17.6. The first-order valence-electron chi connectivity index (χ1n) is 7.28. The number of hydrogen-bond acceptors (Lipinski definition) is 4. The third-order valence-corrected chi connectivity index (χ3v) is 4.94. The first kappa shape index (κ1) is 19.1. The fraction of sp³-hybridized carbons (Fsp3) is 0.467. The molecule has 0 aliphatic heterocycles. The van der Waals surface area contributed by atoms with E-state index >= 15 is 0 Å². The number of hydrogen-bond donors (Lipinski definition) is 2. The Labute approximate surface area is 136 Å². The fourth-order valence-electron chi connectivity index (χ4n) is 1.93. The first-order chi connectivity index (χ1) is 10.7. The van der Waals surface area contributed by atoms with Crippen LogP contribution in [0.5, 0.6) is 0 Å². The molecule has 0 radical (unpaired) electrons. The molecule has 0 spiro atoms. The Hall–Kier alpha value is -1.93. The predicted molar refractivity (Wildman–Crippen MR) is 86.8 cm³/mol. The van der Waals surface area contributed by atoms with E-state index < -0.39 is 22.0 Å². The van der Waals surface area contributed by atoms with E-state index in [-0.39, 0.29) is 17.2 Å². The molecule has 0 heterocycles. The summed E-state index contributed by atoms with van der Waals surface area (Å²) in [5.41, 5.74) is 0.553. The number of carbonyl (C=O) groups excluding carboxylic acids is 1. The van der Waals surface area contributed by atoms with Crippen LogP contribution in [0.15, 0.2) is 29.2 Å². The van der Waals surface area contributed by atoms with E-state index in [4.69, 9.17) is 5.11 Å². The van der Waals surface area contributed by atoms with Crippen LogP contribution in [-0.2, 0) is 19.6 Å². The van der Waals surface area contributed by atoms with E-state index in [0.717, 1.165) is 6.42 Å². The first-order valence-corrected chi connectivity index (χ1v) is 8.77. The number of nitrogens with one attached hydrogen (secondary N) is 1. The third-order valence-electron chi connectivity index (χ3n) is 3.45. The van der Waals surface area contributed by atoms with Crippen LogP contribution in [0.1, 0.15) is 33.1 Å². The summed E-state index contributed by atoms with van der Waals surface area (Å²) >= 11 is 0. The lowest BCUT2D eigenvalue weighted by atomic mass is 10.1. The monoisotopic (exact) mass is 342 g/mol. The number of aliphatic carboxylic acids is 1. The molecular formula is C15H22N2O5S. The lowest BCUT2D eigenvalue weighted by molar-refractivity contribution is -0.139. The van der Waals surface area contributed by atoms with Crippen molar-refractivity contribution in [3.63, 3.8) is 0 Å². The van der Waals surface area contributed by atoms with Crippen LogP contribution in [0.3, 0.4) is 0 Å². The number of carboxylic acids is 1. The van der Waals surface area contributed by atoms with Crippen LogP contribution >= 0.6 is 0 Å². The summed E-state index contributed by atoms with van der Waals surface area (Å²) in [6.07, 6.45) is 1.62. The standard InChI is InChI=1S/C15H22N2O5S/c1-4-5-6-14(15(19)20)16-23(21,22)13-9-7-12(8-10-13)17(3)11(2)18/h7-10,14,16H,4-6H2,1-3H3,(H,19,20)/t14-/m0/s1. The Morgan fingerprint density at radius 2 is 1.83 bits per heavy atom. The Bertz CT molecular complexity index is 655. The molecule has 128 valence electrons. The minimum Gasteiger partial charge on any atom is -0.480 e. The number of unbranched alkanes of at least 4 members (excludes halogenated alkanes) is 1. The molecular weight excluding hydrogens is 320 g/mol. The molecule has 0 aliphatic carbocycles. The molecule has 0 aromatic heterocycles. The van der Waals surface area contributed by atoms with Crippen LogP contribution in [0.2, 0.25) is 0 Å². The van der Waals surface area contributed by atoms with Crippen LogP contribution < -0.4 is 9.62 Å². The number of anilines is 1. The van der Waals surface area contributed by atoms with Gasteiger partial charge in [0.05, 0.1) is 4.90 Å². The molecule has 0 saturated heterocycles. The quantitative estimate of drug-likeness (QED) is 0.746. The summed E-state index contributed by atoms with van der Waals surface area (Å²) in [5.74, 6) is -1.38. The summed E-state index contributed by atoms with van der Waals surface area (Å²) in [6.45, 7) is 3.30. The Balaban J connectivity index is 2.95. The predicted octanol–water partition coefficient (Wildman–Crippen LogP) is 1.59. The lowest BCUT2D eigenvalue weighted by Crippen LogP contribution is -2.40. The largest absolute Gasteiger partial charge is 0.480 e. The molecule has 0 unspecified atom stereocenters. The van der Waals surface area contributed by atoms with Crippen molar-refractivity contribution in [1.82, 2.24) is 4.72 Å². The molecule has 0 aliphatic rings. The van der Waals surface area contributed by atoms with Gasteiger partial charge in [-0.25, -0.2) is 8.42 Å². The number of carboxylic acid groups (broad SMARTS) is 1. The van der Waals surface area contributed by atoms with Gasteiger partial charge in [0.1, 0.15) is 6.04 Å². The lowest BCUT2D eigenvalue weighted by Gasteiger charge is -2.17. The summed E-state index contributed by atoms with van der Waals surface area (Å²) in [4.78, 5) is 23.8. The third kappa shape index (κ3) is 5.33. The molecule has 1 aromatic carbocycles. The normalized spacial score (nSPS) is 12.7. The van der Waals surface area contributed by atoms with Crippen molar-refractivity contribution in [2.24, 2.45) is 0 Å². The van der Waals surface area contributed by atoms with Gasteiger partial charge in [0.25, 0.3) is 0 Å². The van der Waals surface area contributed by atoms with Crippen LogP contribution in [-0.4, -0.2) is 38.5 Å². The van der Waals surface area contributed by atoms with Crippen molar-refractivity contribution < 1.29 is 23.1 Å². The molecule has 0 saturated carbocycles. The zero-order valence-electron chi connectivity index (χ0n) is 13.4. The molecule has 1 rings (SSSR count). The van der Waals surface area contributed by atoms with E-state index in [1.165, 1.54) is 36.1 Å². The molecule has 7 nitrogen and oxygen atoms in total. The number of sulfonamides is 1. The highest BCUT2D eigenvalue weighted by atomic mass is 32.2. The highest BCUT2D eigenvalue weighted by Gasteiger charge is 2.25. The average Bonchev–Trinajstić information content (AvgIpc) is 2.50. The van der Waals surface area contributed by atoms with Gasteiger partial charge < -0.3 is 10.0 Å². The number of nitrogens with zero attached hydrogens (tertiary/aromatic N) is 1. The number of carbonyl (C=O) groups is 2. The molecule has 23 heavy (non-hydrogen) atoms. The Kier molecular flexibility index (Phi) is 6.71. The maximum absolute atomic E-state index is 12.3. The molecule has 1 aromatic rings. The summed E-state index contributed by atoms with van der Waals surface area (Å²) < 4.78 is 26.7. The molecule has 0 bridgehead atoms. The maximum Gasteiger partial charge on any atom is 0.321 e. The second-order valence-electron chi connectivity index (χ2n) is 5.23. The molecule has 2 N–H and O–H groups in total. The number of benzene rings is 1. The van der Waals surface area contributed by atoms with Crippen molar-refractivity contribution in [2.75, 3.05) is 11.9 Å². The molecule has 8 heteroatoms. The smallest absolute Gasteiger partial charge is 0.321 e. The van der Waals surface area contributed by atoms with Gasteiger partial charge in [0.15, 0.2) is 0 Å².